The molecule has 2 N–H and O–H groups in total. The summed E-state index contributed by atoms with van der Waals surface area (Å²) in [5.74, 6) is 0.738. The SMILES string of the molecule is CCN1CCN(C(=O)C2CC[NH2+]CC2)CC1. The molecule has 0 atom stereocenters. The molecular formula is C12H24N3O+. The predicted molar refractivity (Wildman–Crippen MR) is 63.1 cm³/mol. The summed E-state index contributed by atoms with van der Waals surface area (Å²) >= 11 is 0. The van der Waals surface area contributed by atoms with E-state index in [2.05, 4.69) is 22.0 Å². The average molecular weight is 226 g/mol. The van der Waals surface area contributed by atoms with E-state index < -0.39 is 0 Å². The van der Waals surface area contributed by atoms with Crippen molar-refractivity contribution in [1.29, 1.82) is 0 Å². The van der Waals surface area contributed by atoms with Crippen LogP contribution in [0, 0.1) is 5.92 Å². The Balaban J connectivity index is 1.81. The van der Waals surface area contributed by atoms with E-state index >= 15 is 0 Å². The molecule has 2 saturated heterocycles. The zero-order chi connectivity index (χ0) is 11.4. The first-order valence-corrected chi connectivity index (χ1v) is 6.64. The third-order valence-corrected chi connectivity index (χ3v) is 3.92. The van der Waals surface area contributed by atoms with Crippen LogP contribution in [0.4, 0.5) is 0 Å². The largest absolute Gasteiger partial charge is 0.346 e. The molecule has 0 aromatic carbocycles. The van der Waals surface area contributed by atoms with Crippen molar-refractivity contribution in [2.45, 2.75) is 19.8 Å². The van der Waals surface area contributed by atoms with Crippen LogP contribution in [0.15, 0.2) is 0 Å². The van der Waals surface area contributed by atoms with Crippen LogP contribution >= 0.6 is 0 Å². The van der Waals surface area contributed by atoms with Crippen molar-refractivity contribution in [2.24, 2.45) is 5.92 Å². The summed E-state index contributed by atoms with van der Waals surface area (Å²) in [6, 6.07) is 0. The number of piperazine rings is 1. The number of likely N-dealkylation sites (N-methyl/N-ethyl adjacent to an activating group) is 1. The number of carbonyl (C=O) groups is 1. The van der Waals surface area contributed by atoms with Gasteiger partial charge in [0, 0.05) is 44.9 Å². The summed E-state index contributed by atoms with van der Waals surface area (Å²) in [5, 5.41) is 2.32. The van der Waals surface area contributed by atoms with Gasteiger partial charge in [0.15, 0.2) is 0 Å². The van der Waals surface area contributed by atoms with Crippen molar-refractivity contribution < 1.29 is 10.1 Å². The second-order valence-electron chi connectivity index (χ2n) is 4.90. The molecule has 16 heavy (non-hydrogen) atoms. The molecule has 0 unspecified atom stereocenters. The molecule has 0 aromatic heterocycles. The minimum absolute atomic E-state index is 0.318. The number of nitrogens with zero attached hydrogens (tertiary/aromatic N) is 2. The van der Waals surface area contributed by atoms with Crippen LogP contribution in [0.25, 0.3) is 0 Å². The molecule has 4 nitrogen and oxygen atoms in total. The number of hydrogen-bond acceptors (Lipinski definition) is 2. The molecule has 0 bridgehead atoms. The lowest BCUT2D eigenvalue weighted by atomic mass is 9.96. The van der Waals surface area contributed by atoms with Gasteiger partial charge in [-0.05, 0) is 6.54 Å². The van der Waals surface area contributed by atoms with Gasteiger partial charge in [-0.15, -0.1) is 0 Å². The van der Waals surface area contributed by atoms with Crippen LogP contribution in [-0.4, -0.2) is 61.5 Å². The lowest BCUT2D eigenvalue weighted by Crippen LogP contribution is -2.86. The number of hydrogen-bond donors (Lipinski definition) is 1. The lowest BCUT2D eigenvalue weighted by molar-refractivity contribution is -0.664. The highest BCUT2D eigenvalue weighted by atomic mass is 16.2. The maximum absolute atomic E-state index is 12.2. The first-order valence-electron chi connectivity index (χ1n) is 6.64. The van der Waals surface area contributed by atoms with E-state index in [1.165, 1.54) is 0 Å². The van der Waals surface area contributed by atoms with Crippen molar-refractivity contribution in [3.63, 3.8) is 0 Å². The normalized spacial score (nSPS) is 24.7. The highest BCUT2D eigenvalue weighted by Crippen LogP contribution is 2.14. The van der Waals surface area contributed by atoms with E-state index in [0.717, 1.165) is 58.7 Å². The van der Waals surface area contributed by atoms with Crippen LogP contribution in [0.5, 0.6) is 0 Å². The van der Waals surface area contributed by atoms with Crippen molar-refractivity contribution in [3.05, 3.63) is 0 Å². The van der Waals surface area contributed by atoms with Crippen LogP contribution in [-0.2, 0) is 4.79 Å². The molecule has 4 heteroatoms. The third-order valence-electron chi connectivity index (χ3n) is 3.92. The summed E-state index contributed by atoms with van der Waals surface area (Å²) in [7, 11) is 0. The number of carbonyl (C=O) groups excluding carboxylic acids is 1. The standard InChI is InChI=1S/C12H23N3O/c1-2-14-7-9-15(10-8-14)12(16)11-3-5-13-6-4-11/h11,13H,2-10H2,1H3/p+1. The van der Waals surface area contributed by atoms with Crippen LogP contribution in [0.2, 0.25) is 0 Å². The quantitative estimate of drug-likeness (QED) is 0.664. The number of nitrogens with two attached hydrogens (primary N) is 1. The minimum atomic E-state index is 0.318. The second kappa shape index (κ2) is 5.64. The zero-order valence-corrected chi connectivity index (χ0v) is 10.3. The molecule has 0 spiro atoms. The van der Waals surface area contributed by atoms with Crippen molar-refractivity contribution in [3.8, 4) is 0 Å². The van der Waals surface area contributed by atoms with Crippen molar-refractivity contribution >= 4 is 5.91 Å². The molecule has 1 amide bonds. The molecule has 2 rings (SSSR count). The van der Waals surface area contributed by atoms with E-state index in [0.29, 0.717) is 11.8 Å². The van der Waals surface area contributed by atoms with Gasteiger partial charge in [-0.2, -0.15) is 0 Å². The topological polar surface area (TPSA) is 40.2 Å². The Morgan fingerprint density at radius 2 is 1.81 bits per heavy atom. The Morgan fingerprint density at radius 1 is 1.19 bits per heavy atom. The number of amides is 1. The number of rotatable bonds is 2. The Bertz CT molecular complexity index is 230. The molecule has 0 aromatic rings. The zero-order valence-electron chi connectivity index (χ0n) is 10.3. The Kier molecular flexibility index (Phi) is 4.18. The van der Waals surface area contributed by atoms with Gasteiger partial charge in [-0.25, -0.2) is 0 Å². The maximum atomic E-state index is 12.2. The fraction of sp³-hybridized carbons (Fsp3) is 0.917. The van der Waals surface area contributed by atoms with Crippen LogP contribution < -0.4 is 5.32 Å². The summed E-state index contributed by atoms with van der Waals surface area (Å²) in [5.41, 5.74) is 0. The Labute approximate surface area is 98.0 Å². The fourth-order valence-corrected chi connectivity index (χ4v) is 2.72. The van der Waals surface area contributed by atoms with Gasteiger partial charge >= 0.3 is 0 Å². The van der Waals surface area contributed by atoms with E-state index in [4.69, 9.17) is 0 Å². The molecule has 2 heterocycles. The smallest absolute Gasteiger partial charge is 0.226 e. The molecule has 92 valence electrons. The molecule has 2 fully saturated rings. The van der Waals surface area contributed by atoms with Gasteiger partial charge in [0.2, 0.25) is 5.91 Å². The molecule has 2 aliphatic rings. The highest BCUT2D eigenvalue weighted by molar-refractivity contribution is 5.79. The van der Waals surface area contributed by atoms with Crippen LogP contribution in [0.3, 0.4) is 0 Å². The minimum Gasteiger partial charge on any atom is -0.346 e. The van der Waals surface area contributed by atoms with E-state index in [1.807, 2.05) is 0 Å². The summed E-state index contributed by atoms with van der Waals surface area (Å²) in [6.07, 6.45) is 2.15. The highest BCUT2D eigenvalue weighted by Gasteiger charge is 2.28. The summed E-state index contributed by atoms with van der Waals surface area (Å²) in [6.45, 7) is 9.55. The lowest BCUT2D eigenvalue weighted by Gasteiger charge is -2.36. The molecule has 0 saturated carbocycles. The van der Waals surface area contributed by atoms with E-state index in [1.54, 1.807) is 0 Å². The Morgan fingerprint density at radius 3 is 2.38 bits per heavy atom. The van der Waals surface area contributed by atoms with Gasteiger partial charge < -0.3 is 15.1 Å². The monoisotopic (exact) mass is 226 g/mol. The van der Waals surface area contributed by atoms with E-state index in [-0.39, 0.29) is 0 Å². The predicted octanol–water partition coefficient (Wildman–Crippen LogP) is -0.876. The second-order valence-corrected chi connectivity index (χ2v) is 4.90. The Hall–Kier alpha value is -0.610. The maximum Gasteiger partial charge on any atom is 0.226 e. The molecular weight excluding hydrogens is 202 g/mol. The summed E-state index contributed by atoms with van der Waals surface area (Å²) in [4.78, 5) is 16.7. The average Bonchev–Trinajstić information content (AvgIpc) is 2.39. The fourth-order valence-electron chi connectivity index (χ4n) is 2.72. The van der Waals surface area contributed by atoms with Gasteiger partial charge in [0.05, 0.1) is 13.1 Å². The van der Waals surface area contributed by atoms with Crippen LogP contribution in [0.1, 0.15) is 19.8 Å². The van der Waals surface area contributed by atoms with Gasteiger partial charge in [-0.1, -0.05) is 6.92 Å². The van der Waals surface area contributed by atoms with Gasteiger partial charge in [0.1, 0.15) is 0 Å². The molecule has 0 aliphatic carbocycles. The van der Waals surface area contributed by atoms with Gasteiger partial charge in [-0.3, -0.25) is 4.79 Å². The number of piperidine rings is 1. The first kappa shape index (κ1) is 11.9. The van der Waals surface area contributed by atoms with Crippen molar-refractivity contribution in [2.75, 3.05) is 45.8 Å². The van der Waals surface area contributed by atoms with E-state index in [9.17, 15) is 4.79 Å². The first-order chi connectivity index (χ1) is 7.81. The van der Waals surface area contributed by atoms with Crippen molar-refractivity contribution in [1.82, 2.24) is 9.80 Å². The molecule has 2 aliphatic heterocycles. The summed E-state index contributed by atoms with van der Waals surface area (Å²) < 4.78 is 0. The molecule has 0 radical (unpaired) electrons. The van der Waals surface area contributed by atoms with Gasteiger partial charge in [0.25, 0.3) is 0 Å². The third kappa shape index (κ3) is 2.74. The number of quaternary nitrogens is 1.